The number of carbonyl (C=O) groups excluding carboxylic acids is 2. The van der Waals surface area contributed by atoms with Crippen molar-refractivity contribution < 1.29 is 24.2 Å². The third-order valence-corrected chi connectivity index (χ3v) is 10.1. The number of amides is 1. The molecule has 0 spiro atoms. The zero-order chi connectivity index (χ0) is 29.3. The van der Waals surface area contributed by atoms with Gasteiger partial charge in [-0.1, -0.05) is 72.7 Å². The molecule has 6 rings (SSSR count). The smallest absolute Gasteiger partial charge is 0.310 e. The molecule has 0 radical (unpaired) electrons. The van der Waals surface area contributed by atoms with Gasteiger partial charge in [0.05, 0.1) is 28.2 Å². The molecule has 3 aliphatic rings. The minimum absolute atomic E-state index is 0.0343. The van der Waals surface area contributed by atoms with Gasteiger partial charge in [-0.15, -0.1) is 0 Å². The van der Waals surface area contributed by atoms with E-state index >= 15 is 0 Å². The lowest BCUT2D eigenvalue weighted by Crippen LogP contribution is -2.45. The molecule has 220 valence electrons. The van der Waals surface area contributed by atoms with Gasteiger partial charge in [-0.25, -0.2) is 4.98 Å². The molecule has 1 aromatic heterocycles. The third-order valence-electron chi connectivity index (χ3n) is 9.22. The van der Waals surface area contributed by atoms with E-state index in [0.717, 1.165) is 53.4 Å². The molecule has 8 heteroatoms. The van der Waals surface area contributed by atoms with E-state index in [1.807, 2.05) is 55.5 Å². The number of thiazole rings is 1. The Kier molecular flexibility index (Phi) is 8.17. The SMILES string of the molecule is Cc1ccc2nc(O[C@@H]3C[C@H]4C(=O)C[C@]5(C(=O)O)C[C@H]5/C=C\CCCCC[C@H](Cc5ccccc5)C(=O)N4C3)sc2c1. The first-order valence-electron chi connectivity index (χ1n) is 15.1. The first-order valence-corrected chi connectivity index (χ1v) is 15.9. The molecular formula is C34H38N2O5S. The summed E-state index contributed by atoms with van der Waals surface area (Å²) < 4.78 is 7.37. The number of ketones is 1. The van der Waals surface area contributed by atoms with Gasteiger partial charge in [-0.3, -0.25) is 14.4 Å². The Morgan fingerprint density at radius 1 is 1.14 bits per heavy atom. The molecule has 0 bridgehead atoms. The summed E-state index contributed by atoms with van der Waals surface area (Å²) in [4.78, 5) is 46.9. The second-order valence-corrected chi connectivity index (χ2v) is 13.3. The van der Waals surface area contributed by atoms with Crippen molar-refractivity contribution in [3.8, 4) is 5.19 Å². The van der Waals surface area contributed by atoms with Crippen LogP contribution in [0.15, 0.2) is 60.7 Å². The van der Waals surface area contributed by atoms with Gasteiger partial charge in [0.25, 0.3) is 5.19 Å². The summed E-state index contributed by atoms with van der Waals surface area (Å²) in [5.41, 5.74) is 2.03. The maximum absolute atomic E-state index is 14.3. The fraction of sp³-hybridized carbons (Fsp3) is 0.471. The molecule has 3 heterocycles. The summed E-state index contributed by atoms with van der Waals surface area (Å²) in [6, 6.07) is 15.4. The Hall–Kier alpha value is -3.52. The first kappa shape index (κ1) is 28.6. The van der Waals surface area contributed by atoms with Crippen molar-refractivity contribution in [3.05, 3.63) is 71.8 Å². The van der Waals surface area contributed by atoms with E-state index in [9.17, 15) is 19.5 Å². The molecule has 2 fully saturated rings. The number of aromatic nitrogens is 1. The molecule has 1 N–H and O–H groups in total. The van der Waals surface area contributed by atoms with Crippen molar-refractivity contribution in [3.63, 3.8) is 0 Å². The molecule has 2 aliphatic heterocycles. The number of carboxylic acids is 1. The number of aliphatic carboxylic acids is 1. The Balaban J connectivity index is 1.28. The quantitative estimate of drug-likeness (QED) is 0.349. The van der Waals surface area contributed by atoms with E-state index in [1.165, 1.54) is 11.3 Å². The highest BCUT2D eigenvalue weighted by atomic mass is 32.1. The van der Waals surface area contributed by atoms with Crippen molar-refractivity contribution in [2.45, 2.75) is 76.9 Å². The number of nitrogens with zero attached hydrogens (tertiary/aromatic N) is 2. The van der Waals surface area contributed by atoms with Crippen molar-refractivity contribution in [2.24, 2.45) is 17.3 Å². The Morgan fingerprint density at radius 3 is 2.79 bits per heavy atom. The van der Waals surface area contributed by atoms with Crippen LogP contribution in [0.5, 0.6) is 5.19 Å². The average molecular weight is 587 g/mol. The predicted molar refractivity (Wildman–Crippen MR) is 163 cm³/mol. The van der Waals surface area contributed by atoms with E-state index in [2.05, 4.69) is 17.1 Å². The number of allylic oxidation sites excluding steroid dienone is 2. The second kappa shape index (κ2) is 12.0. The van der Waals surface area contributed by atoms with Gasteiger partial charge in [0.1, 0.15) is 6.10 Å². The van der Waals surface area contributed by atoms with E-state index in [1.54, 1.807) is 4.90 Å². The molecule has 1 saturated heterocycles. The summed E-state index contributed by atoms with van der Waals surface area (Å²) in [6.45, 7) is 2.33. The van der Waals surface area contributed by atoms with Crippen LogP contribution in [0.3, 0.4) is 0 Å². The largest absolute Gasteiger partial charge is 0.481 e. The highest BCUT2D eigenvalue weighted by molar-refractivity contribution is 7.20. The van der Waals surface area contributed by atoms with Crippen molar-refractivity contribution in [1.82, 2.24) is 9.88 Å². The Labute approximate surface area is 250 Å². The van der Waals surface area contributed by atoms with Crippen LogP contribution in [-0.4, -0.2) is 51.3 Å². The minimum atomic E-state index is -1.07. The van der Waals surface area contributed by atoms with Crippen LogP contribution in [0.2, 0.25) is 0 Å². The van der Waals surface area contributed by atoms with Gasteiger partial charge in [-0.2, -0.15) is 0 Å². The number of carboxylic acid groups (broad SMARTS) is 1. The molecule has 0 unspecified atom stereocenters. The van der Waals surface area contributed by atoms with Crippen LogP contribution in [0.25, 0.3) is 10.2 Å². The minimum Gasteiger partial charge on any atom is -0.481 e. The van der Waals surface area contributed by atoms with Crippen molar-refractivity contribution in [1.29, 1.82) is 0 Å². The number of carbonyl (C=O) groups is 3. The highest BCUT2D eigenvalue weighted by Gasteiger charge is 2.61. The predicted octanol–water partition coefficient (Wildman–Crippen LogP) is 6.38. The van der Waals surface area contributed by atoms with Gasteiger partial charge in [0, 0.05) is 18.8 Å². The van der Waals surface area contributed by atoms with Crippen LogP contribution in [0.1, 0.15) is 62.5 Å². The van der Waals surface area contributed by atoms with Crippen LogP contribution in [0.4, 0.5) is 0 Å². The van der Waals surface area contributed by atoms with Crippen molar-refractivity contribution in [2.75, 3.05) is 6.54 Å². The molecule has 5 atom stereocenters. The van der Waals surface area contributed by atoms with Crippen LogP contribution in [-0.2, 0) is 20.8 Å². The first-order chi connectivity index (χ1) is 20.3. The van der Waals surface area contributed by atoms with E-state index in [4.69, 9.17) is 4.74 Å². The molecule has 42 heavy (non-hydrogen) atoms. The fourth-order valence-corrected chi connectivity index (χ4v) is 7.69. The number of rotatable bonds is 5. The summed E-state index contributed by atoms with van der Waals surface area (Å²) in [7, 11) is 0. The van der Waals surface area contributed by atoms with E-state index < -0.39 is 23.5 Å². The monoisotopic (exact) mass is 586 g/mol. The third kappa shape index (κ3) is 6.00. The van der Waals surface area contributed by atoms with Crippen LogP contribution >= 0.6 is 11.3 Å². The maximum Gasteiger partial charge on any atom is 0.310 e. The fourth-order valence-electron chi connectivity index (χ4n) is 6.71. The summed E-state index contributed by atoms with van der Waals surface area (Å²) in [6.07, 6.45) is 9.60. The lowest BCUT2D eigenvalue weighted by molar-refractivity contribution is -0.147. The normalized spacial score (nSPS) is 29.3. The zero-order valence-corrected chi connectivity index (χ0v) is 24.9. The lowest BCUT2D eigenvalue weighted by atomic mass is 9.90. The number of aryl methyl sites for hydroxylation is 1. The van der Waals surface area contributed by atoms with E-state index in [-0.39, 0.29) is 29.9 Å². The van der Waals surface area contributed by atoms with Crippen LogP contribution < -0.4 is 4.74 Å². The molecular weight excluding hydrogens is 548 g/mol. The summed E-state index contributed by atoms with van der Waals surface area (Å²) in [5.74, 6) is -1.53. The maximum atomic E-state index is 14.3. The van der Waals surface area contributed by atoms with Gasteiger partial charge in [-0.05, 0) is 68.2 Å². The summed E-state index contributed by atoms with van der Waals surface area (Å²) >= 11 is 1.47. The molecule has 1 amide bonds. The zero-order valence-electron chi connectivity index (χ0n) is 24.0. The number of ether oxygens (including phenoxy) is 1. The standard InChI is InChI=1S/C34H38N2O5S/c1-22-14-15-27-30(16-22)42-33(35-27)41-26-18-28-29(37)20-34(32(39)40)19-25(34)13-9-4-2-3-8-12-24(31(38)36(28)21-26)17-23-10-6-5-7-11-23/h5-7,9-11,13-16,24-26,28H,2-4,8,12,17-21H2,1H3,(H,39,40)/b13-9-/t24-,25-,26-,28+,34-/m1/s1. The summed E-state index contributed by atoms with van der Waals surface area (Å²) in [5, 5.41) is 10.7. The van der Waals surface area contributed by atoms with E-state index in [0.29, 0.717) is 31.0 Å². The average Bonchev–Trinajstić information content (AvgIpc) is 3.29. The topological polar surface area (TPSA) is 96.8 Å². The molecule has 2 aromatic carbocycles. The number of hydrogen-bond acceptors (Lipinski definition) is 6. The molecule has 1 saturated carbocycles. The van der Waals surface area contributed by atoms with Gasteiger partial charge >= 0.3 is 5.97 Å². The van der Waals surface area contributed by atoms with Gasteiger partial charge in [0.2, 0.25) is 5.91 Å². The van der Waals surface area contributed by atoms with Crippen molar-refractivity contribution >= 4 is 39.2 Å². The number of benzene rings is 2. The molecule has 7 nitrogen and oxygen atoms in total. The second-order valence-electron chi connectivity index (χ2n) is 12.3. The lowest BCUT2D eigenvalue weighted by Gasteiger charge is -2.29. The Bertz CT molecular complexity index is 1500. The van der Waals surface area contributed by atoms with Gasteiger partial charge < -0.3 is 14.7 Å². The van der Waals surface area contributed by atoms with Crippen LogP contribution in [0, 0.1) is 24.2 Å². The highest BCUT2D eigenvalue weighted by Crippen LogP contribution is 2.57. The molecule has 3 aromatic rings. The van der Waals surface area contributed by atoms with Gasteiger partial charge in [0.15, 0.2) is 5.78 Å². The number of Topliss-reactive ketones (excluding diaryl/α,β-unsaturated/α-hetero) is 1. The Morgan fingerprint density at radius 2 is 1.98 bits per heavy atom. The number of hydrogen-bond donors (Lipinski definition) is 1. The number of fused-ring (bicyclic) bond motifs is 3. The molecule has 1 aliphatic carbocycles.